The minimum atomic E-state index is -0.851. The van der Waals surface area contributed by atoms with Crippen molar-refractivity contribution >= 4 is 5.71 Å². The van der Waals surface area contributed by atoms with Crippen LogP contribution in [-0.2, 0) is 0 Å². The second-order valence-corrected chi connectivity index (χ2v) is 5.36. The van der Waals surface area contributed by atoms with Gasteiger partial charge in [0.05, 0.1) is 22.8 Å². The largest absolute Gasteiger partial charge is 0.399 e. The summed E-state index contributed by atoms with van der Waals surface area (Å²) in [6.45, 7) is 1.75. The molecule has 0 aliphatic heterocycles. The van der Waals surface area contributed by atoms with Crippen LogP contribution in [-0.4, -0.2) is 27.4 Å². The molecule has 0 aromatic rings. The molecule has 2 unspecified atom stereocenters. The quantitative estimate of drug-likeness (QED) is 0.446. The van der Waals surface area contributed by atoms with Gasteiger partial charge in [-0.2, -0.15) is 0 Å². The molecule has 0 saturated heterocycles. The summed E-state index contributed by atoms with van der Waals surface area (Å²) in [7, 11) is 0. The van der Waals surface area contributed by atoms with Gasteiger partial charge < -0.3 is 10.8 Å². The minimum Gasteiger partial charge on any atom is -0.399 e. The van der Waals surface area contributed by atoms with Gasteiger partial charge in [-0.3, -0.25) is 15.1 Å². The lowest BCUT2D eigenvalue weighted by atomic mass is 10.0. The van der Waals surface area contributed by atoms with E-state index in [-0.39, 0.29) is 17.7 Å². The highest BCUT2D eigenvalue weighted by molar-refractivity contribution is 6.01. The van der Waals surface area contributed by atoms with Gasteiger partial charge in [0.2, 0.25) is 0 Å². The van der Waals surface area contributed by atoms with Gasteiger partial charge in [0, 0.05) is 5.92 Å². The van der Waals surface area contributed by atoms with Crippen LogP contribution in [0.1, 0.15) is 39.0 Å². The first-order chi connectivity index (χ1) is 8.45. The van der Waals surface area contributed by atoms with Gasteiger partial charge in [0.15, 0.2) is 0 Å². The van der Waals surface area contributed by atoms with Gasteiger partial charge in [-0.25, -0.2) is 0 Å². The van der Waals surface area contributed by atoms with Crippen LogP contribution in [0.15, 0.2) is 16.9 Å². The van der Waals surface area contributed by atoms with Crippen molar-refractivity contribution in [2.45, 2.75) is 50.7 Å². The summed E-state index contributed by atoms with van der Waals surface area (Å²) >= 11 is 0. The molecule has 2 fully saturated rings. The molecule has 0 amide bonds. The smallest absolute Gasteiger partial charge is 0.305 e. The van der Waals surface area contributed by atoms with E-state index in [1.807, 2.05) is 0 Å². The second kappa shape index (κ2) is 4.68. The Morgan fingerprint density at radius 1 is 1.56 bits per heavy atom. The lowest BCUT2D eigenvalue weighted by Crippen LogP contribution is -2.33. The lowest BCUT2D eigenvalue weighted by molar-refractivity contribution is -0.415. The molecule has 0 heterocycles. The summed E-state index contributed by atoms with van der Waals surface area (Å²) in [5.41, 5.74) is 4.84. The molecule has 2 aliphatic carbocycles. The number of aliphatic imine (C=N–C) groups is 1. The van der Waals surface area contributed by atoms with Crippen LogP contribution in [0.25, 0.3) is 0 Å². The molecule has 6 nitrogen and oxygen atoms in total. The number of rotatable bonds is 4. The predicted octanol–water partition coefficient (Wildman–Crippen LogP) is 1.22. The maximum absolute atomic E-state index is 11.0. The fraction of sp³-hybridized carbons (Fsp3) is 0.750. The SMILES string of the molecule is CC1(O)CCCC1N=C(C(=CN)[N+](=O)[O-])C1CC1. The number of nitrogens with zero attached hydrogens (tertiary/aromatic N) is 2. The van der Waals surface area contributed by atoms with Gasteiger partial charge in [-0.05, 0) is 39.0 Å². The molecule has 3 N–H and O–H groups in total. The molecule has 0 spiro atoms. The first-order valence-electron chi connectivity index (χ1n) is 6.32. The predicted molar refractivity (Wildman–Crippen MR) is 67.7 cm³/mol. The molecule has 0 aromatic heterocycles. The minimum absolute atomic E-state index is 0.111. The molecule has 2 atom stereocenters. The normalized spacial score (nSPS) is 33.8. The van der Waals surface area contributed by atoms with E-state index in [1.54, 1.807) is 6.92 Å². The van der Waals surface area contributed by atoms with Crippen LogP contribution < -0.4 is 5.73 Å². The highest BCUT2D eigenvalue weighted by atomic mass is 16.6. The van der Waals surface area contributed by atoms with Gasteiger partial charge in [-0.15, -0.1) is 0 Å². The third-order valence-corrected chi connectivity index (χ3v) is 3.75. The Kier molecular flexibility index (Phi) is 3.38. The summed E-state index contributed by atoms with van der Waals surface area (Å²) in [6.07, 6.45) is 5.22. The maximum Gasteiger partial charge on any atom is 0.305 e. The summed E-state index contributed by atoms with van der Waals surface area (Å²) < 4.78 is 0. The Balaban J connectivity index is 2.28. The Labute approximate surface area is 106 Å². The van der Waals surface area contributed by atoms with Crippen molar-refractivity contribution in [2.75, 3.05) is 0 Å². The van der Waals surface area contributed by atoms with Crippen LogP contribution >= 0.6 is 0 Å². The van der Waals surface area contributed by atoms with Gasteiger partial charge in [-0.1, -0.05) is 0 Å². The Hall–Kier alpha value is -1.43. The van der Waals surface area contributed by atoms with Crippen LogP contribution in [0.4, 0.5) is 0 Å². The van der Waals surface area contributed by atoms with Crippen molar-refractivity contribution in [3.8, 4) is 0 Å². The molecular weight excluding hydrogens is 234 g/mol. The van der Waals surface area contributed by atoms with Gasteiger partial charge in [0.1, 0.15) is 5.71 Å². The van der Waals surface area contributed by atoms with E-state index >= 15 is 0 Å². The number of allylic oxidation sites excluding steroid dienone is 1. The van der Waals surface area contributed by atoms with E-state index in [2.05, 4.69) is 4.99 Å². The highest BCUT2D eigenvalue weighted by Gasteiger charge is 2.41. The Morgan fingerprint density at radius 3 is 2.61 bits per heavy atom. The second-order valence-electron chi connectivity index (χ2n) is 5.36. The fourth-order valence-corrected chi connectivity index (χ4v) is 2.48. The van der Waals surface area contributed by atoms with Crippen molar-refractivity contribution < 1.29 is 10.0 Å². The summed E-state index contributed by atoms with van der Waals surface area (Å²) in [6, 6.07) is -0.247. The average Bonchev–Trinajstić information content (AvgIpc) is 3.05. The van der Waals surface area contributed by atoms with Gasteiger partial charge >= 0.3 is 5.70 Å². The van der Waals surface area contributed by atoms with Crippen LogP contribution in [0, 0.1) is 16.0 Å². The zero-order valence-electron chi connectivity index (χ0n) is 10.5. The van der Waals surface area contributed by atoms with Crippen molar-refractivity contribution in [2.24, 2.45) is 16.6 Å². The number of nitrogens with two attached hydrogens (primary N) is 1. The van der Waals surface area contributed by atoms with Crippen LogP contribution in [0.2, 0.25) is 0 Å². The molecule has 0 radical (unpaired) electrons. The van der Waals surface area contributed by atoms with E-state index < -0.39 is 10.5 Å². The molecule has 2 aliphatic rings. The number of hydrogen-bond donors (Lipinski definition) is 2. The molecule has 6 heteroatoms. The third kappa shape index (κ3) is 2.53. The topological polar surface area (TPSA) is 102 Å². The lowest BCUT2D eigenvalue weighted by Gasteiger charge is -2.22. The van der Waals surface area contributed by atoms with Crippen LogP contribution in [0.3, 0.4) is 0 Å². The molecule has 100 valence electrons. The molecule has 0 aromatic carbocycles. The zero-order valence-corrected chi connectivity index (χ0v) is 10.5. The average molecular weight is 253 g/mol. The number of hydrogen-bond acceptors (Lipinski definition) is 5. The molecular formula is C12H19N3O3. The Morgan fingerprint density at radius 2 is 2.22 bits per heavy atom. The number of aliphatic hydroxyl groups is 1. The Bertz CT molecular complexity index is 411. The summed E-state index contributed by atoms with van der Waals surface area (Å²) in [4.78, 5) is 14.9. The fourth-order valence-electron chi connectivity index (χ4n) is 2.48. The maximum atomic E-state index is 11.0. The summed E-state index contributed by atoms with van der Waals surface area (Å²) in [5, 5.41) is 21.1. The highest BCUT2D eigenvalue weighted by Crippen LogP contribution is 2.37. The van der Waals surface area contributed by atoms with Crippen LogP contribution in [0.5, 0.6) is 0 Å². The molecule has 0 bridgehead atoms. The third-order valence-electron chi connectivity index (χ3n) is 3.75. The van der Waals surface area contributed by atoms with E-state index in [0.29, 0.717) is 12.1 Å². The summed E-state index contributed by atoms with van der Waals surface area (Å²) in [5.74, 6) is 0.140. The van der Waals surface area contributed by atoms with E-state index in [1.165, 1.54) is 0 Å². The monoisotopic (exact) mass is 253 g/mol. The number of nitro groups is 1. The van der Waals surface area contributed by atoms with Crippen molar-refractivity contribution in [3.63, 3.8) is 0 Å². The van der Waals surface area contributed by atoms with E-state index in [0.717, 1.165) is 31.9 Å². The van der Waals surface area contributed by atoms with Gasteiger partial charge in [0.25, 0.3) is 0 Å². The van der Waals surface area contributed by atoms with Crippen molar-refractivity contribution in [1.82, 2.24) is 0 Å². The van der Waals surface area contributed by atoms with Crippen molar-refractivity contribution in [3.05, 3.63) is 22.0 Å². The first-order valence-corrected chi connectivity index (χ1v) is 6.32. The van der Waals surface area contributed by atoms with E-state index in [9.17, 15) is 15.2 Å². The molecule has 2 rings (SSSR count). The molecule has 18 heavy (non-hydrogen) atoms. The standard InChI is InChI=1S/C12H19N3O3/c1-12(16)6-2-3-10(12)14-11(8-4-5-8)9(7-13)15(17)18/h7-8,10,16H,2-6,13H2,1H3. The first kappa shape index (κ1) is 13.0. The molecule has 2 saturated carbocycles. The zero-order chi connectivity index (χ0) is 13.3. The van der Waals surface area contributed by atoms with E-state index in [4.69, 9.17) is 5.73 Å². The van der Waals surface area contributed by atoms with Crippen molar-refractivity contribution in [1.29, 1.82) is 0 Å².